The monoisotopic (exact) mass is 338 g/mol. The van der Waals surface area contributed by atoms with Crippen LogP contribution in [0.2, 0.25) is 0 Å². The summed E-state index contributed by atoms with van der Waals surface area (Å²) in [4.78, 5) is 14.6. The first-order valence-corrected chi connectivity index (χ1v) is 9.00. The molecule has 1 fully saturated rings. The number of fused-ring (bicyclic) bond motifs is 1. The van der Waals surface area contributed by atoms with E-state index in [-0.39, 0.29) is 11.4 Å². The van der Waals surface area contributed by atoms with Crippen molar-refractivity contribution in [1.82, 2.24) is 4.90 Å². The van der Waals surface area contributed by atoms with E-state index in [1.54, 1.807) is 11.8 Å². The SMILES string of the molecule is Cc1ccc(C2SCCN2C(=O)Nc2cccc3ccccc23)o1. The Morgan fingerprint density at radius 2 is 2.00 bits per heavy atom. The molecular formula is C19H18N2O2S. The van der Waals surface area contributed by atoms with Crippen LogP contribution in [-0.2, 0) is 0 Å². The number of aryl methyl sites for hydroxylation is 1. The van der Waals surface area contributed by atoms with Crippen LogP contribution in [-0.4, -0.2) is 23.2 Å². The van der Waals surface area contributed by atoms with Gasteiger partial charge < -0.3 is 14.6 Å². The number of rotatable bonds is 2. The molecule has 4 nitrogen and oxygen atoms in total. The summed E-state index contributed by atoms with van der Waals surface area (Å²) in [5.74, 6) is 2.61. The highest BCUT2D eigenvalue weighted by atomic mass is 32.2. The minimum absolute atomic E-state index is 0.0614. The van der Waals surface area contributed by atoms with Crippen molar-refractivity contribution in [2.75, 3.05) is 17.6 Å². The maximum absolute atomic E-state index is 12.8. The number of nitrogens with one attached hydrogen (secondary N) is 1. The van der Waals surface area contributed by atoms with E-state index in [9.17, 15) is 4.79 Å². The summed E-state index contributed by atoms with van der Waals surface area (Å²) < 4.78 is 5.73. The number of anilines is 1. The van der Waals surface area contributed by atoms with Crippen LogP contribution in [0.1, 0.15) is 16.9 Å². The first-order chi connectivity index (χ1) is 11.7. The molecule has 4 rings (SSSR count). The van der Waals surface area contributed by atoms with Crippen molar-refractivity contribution in [2.24, 2.45) is 0 Å². The molecule has 2 heterocycles. The van der Waals surface area contributed by atoms with Gasteiger partial charge in [-0.2, -0.15) is 0 Å². The summed E-state index contributed by atoms with van der Waals surface area (Å²) >= 11 is 1.73. The number of amides is 2. The molecule has 0 bridgehead atoms. The highest BCUT2D eigenvalue weighted by Gasteiger charge is 2.33. The second kappa shape index (κ2) is 6.24. The van der Waals surface area contributed by atoms with Crippen molar-refractivity contribution < 1.29 is 9.21 Å². The van der Waals surface area contributed by atoms with Crippen LogP contribution >= 0.6 is 11.8 Å². The fraction of sp³-hybridized carbons (Fsp3) is 0.211. The van der Waals surface area contributed by atoms with E-state index in [0.29, 0.717) is 6.54 Å². The van der Waals surface area contributed by atoms with E-state index in [2.05, 4.69) is 5.32 Å². The minimum atomic E-state index is -0.0876. The topological polar surface area (TPSA) is 45.5 Å². The molecule has 2 aromatic carbocycles. The second-order valence-electron chi connectivity index (χ2n) is 5.82. The average Bonchev–Trinajstić information content (AvgIpc) is 3.24. The molecular weight excluding hydrogens is 320 g/mol. The molecule has 1 aliphatic heterocycles. The van der Waals surface area contributed by atoms with Crippen LogP contribution in [0, 0.1) is 6.92 Å². The number of hydrogen-bond acceptors (Lipinski definition) is 3. The summed E-state index contributed by atoms with van der Waals surface area (Å²) in [5, 5.41) is 5.17. The van der Waals surface area contributed by atoms with E-state index < -0.39 is 0 Å². The molecule has 5 heteroatoms. The van der Waals surface area contributed by atoms with Gasteiger partial charge in [-0.1, -0.05) is 36.4 Å². The molecule has 0 spiro atoms. The van der Waals surface area contributed by atoms with Gasteiger partial charge in [-0.05, 0) is 30.5 Å². The highest BCUT2D eigenvalue weighted by molar-refractivity contribution is 7.99. The largest absolute Gasteiger partial charge is 0.463 e. The van der Waals surface area contributed by atoms with Crippen molar-refractivity contribution >= 4 is 34.3 Å². The fourth-order valence-electron chi connectivity index (χ4n) is 3.02. The number of carbonyl (C=O) groups excluding carboxylic acids is 1. The predicted octanol–water partition coefficient (Wildman–Crippen LogP) is 5.02. The number of benzene rings is 2. The lowest BCUT2D eigenvalue weighted by molar-refractivity contribution is 0.209. The Kier molecular flexibility index (Phi) is 3.94. The summed E-state index contributed by atoms with van der Waals surface area (Å²) in [6.45, 7) is 2.63. The van der Waals surface area contributed by atoms with E-state index in [0.717, 1.165) is 33.7 Å². The number of thioether (sulfide) groups is 1. The maximum atomic E-state index is 12.8. The molecule has 0 saturated carbocycles. The van der Waals surface area contributed by atoms with Crippen LogP contribution in [0.15, 0.2) is 59.0 Å². The third kappa shape index (κ3) is 2.76. The van der Waals surface area contributed by atoms with Crippen molar-refractivity contribution in [3.05, 3.63) is 66.1 Å². The van der Waals surface area contributed by atoms with Gasteiger partial charge in [0.2, 0.25) is 0 Å². The number of urea groups is 1. The number of furan rings is 1. The first-order valence-electron chi connectivity index (χ1n) is 7.96. The maximum Gasteiger partial charge on any atom is 0.323 e. The van der Waals surface area contributed by atoms with E-state index >= 15 is 0 Å². The summed E-state index contributed by atoms with van der Waals surface area (Å²) in [5.41, 5.74) is 0.837. The Balaban J connectivity index is 1.59. The lowest BCUT2D eigenvalue weighted by atomic mass is 10.1. The zero-order valence-electron chi connectivity index (χ0n) is 13.4. The third-order valence-corrected chi connectivity index (χ3v) is 5.41. The van der Waals surface area contributed by atoms with Gasteiger partial charge in [-0.3, -0.25) is 0 Å². The summed E-state index contributed by atoms with van der Waals surface area (Å²) in [6.07, 6.45) is 0. The minimum Gasteiger partial charge on any atom is -0.463 e. The molecule has 1 N–H and O–H groups in total. The third-order valence-electron chi connectivity index (χ3n) is 4.19. The molecule has 1 unspecified atom stereocenters. The van der Waals surface area contributed by atoms with Gasteiger partial charge in [-0.25, -0.2) is 4.79 Å². The molecule has 3 aromatic rings. The Bertz CT molecular complexity index is 884. The molecule has 0 radical (unpaired) electrons. The van der Waals surface area contributed by atoms with Crippen LogP contribution in [0.25, 0.3) is 10.8 Å². The molecule has 2 amide bonds. The fourth-order valence-corrected chi connectivity index (χ4v) is 4.22. The van der Waals surface area contributed by atoms with Crippen LogP contribution in [0.3, 0.4) is 0 Å². The highest BCUT2D eigenvalue weighted by Crippen LogP contribution is 2.39. The zero-order chi connectivity index (χ0) is 16.5. The van der Waals surface area contributed by atoms with Crippen LogP contribution in [0.4, 0.5) is 10.5 Å². The molecule has 24 heavy (non-hydrogen) atoms. The van der Waals surface area contributed by atoms with Gasteiger partial charge in [0.25, 0.3) is 0 Å². The van der Waals surface area contributed by atoms with Gasteiger partial charge in [0.15, 0.2) is 0 Å². The molecule has 1 aliphatic rings. The van der Waals surface area contributed by atoms with Crippen molar-refractivity contribution in [3.8, 4) is 0 Å². The summed E-state index contributed by atoms with van der Waals surface area (Å²) in [6, 6.07) is 17.8. The van der Waals surface area contributed by atoms with E-state index in [1.807, 2.05) is 66.4 Å². The lowest BCUT2D eigenvalue weighted by Crippen LogP contribution is -2.34. The normalized spacial score (nSPS) is 17.4. The predicted molar refractivity (Wildman–Crippen MR) is 98.3 cm³/mol. The zero-order valence-corrected chi connectivity index (χ0v) is 14.2. The summed E-state index contributed by atoms with van der Waals surface area (Å²) in [7, 11) is 0. The second-order valence-corrected chi connectivity index (χ2v) is 7.01. The Morgan fingerprint density at radius 1 is 1.17 bits per heavy atom. The number of carbonyl (C=O) groups is 1. The van der Waals surface area contributed by atoms with Gasteiger partial charge in [0.1, 0.15) is 16.9 Å². The first kappa shape index (κ1) is 15.1. The Hall–Kier alpha value is -2.40. The average molecular weight is 338 g/mol. The van der Waals surface area contributed by atoms with Gasteiger partial charge in [0, 0.05) is 17.7 Å². The quantitative estimate of drug-likeness (QED) is 0.713. The van der Waals surface area contributed by atoms with Gasteiger partial charge in [0.05, 0.1) is 5.69 Å². The van der Waals surface area contributed by atoms with Gasteiger partial charge >= 0.3 is 6.03 Å². The molecule has 1 atom stereocenters. The standard InChI is InChI=1S/C19H18N2O2S/c1-13-9-10-17(23-13)18-21(11-12-24-18)19(22)20-16-8-4-6-14-5-2-3-7-15(14)16/h2-10,18H,11-12H2,1H3,(H,20,22). The molecule has 1 aromatic heterocycles. The molecule has 0 aliphatic carbocycles. The molecule has 122 valence electrons. The lowest BCUT2D eigenvalue weighted by Gasteiger charge is -2.23. The van der Waals surface area contributed by atoms with Crippen LogP contribution in [0.5, 0.6) is 0 Å². The van der Waals surface area contributed by atoms with Crippen molar-refractivity contribution in [3.63, 3.8) is 0 Å². The smallest absolute Gasteiger partial charge is 0.323 e. The van der Waals surface area contributed by atoms with Crippen molar-refractivity contribution in [1.29, 1.82) is 0 Å². The Labute approximate surface area is 144 Å². The van der Waals surface area contributed by atoms with Crippen molar-refractivity contribution in [2.45, 2.75) is 12.3 Å². The van der Waals surface area contributed by atoms with E-state index in [4.69, 9.17) is 4.42 Å². The number of hydrogen-bond donors (Lipinski definition) is 1. The Morgan fingerprint density at radius 3 is 2.83 bits per heavy atom. The van der Waals surface area contributed by atoms with Crippen LogP contribution < -0.4 is 5.32 Å². The molecule has 1 saturated heterocycles. The van der Waals surface area contributed by atoms with E-state index in [1.165, 1.54) is 0 Å². The number of nitrogens with zero attached hydrogens (tertiary/aromatic N) is 1. The van der Waals surface area contributed by atoms with Gasteiger partial charge in [-0.15, -0.1) is 11.8 Å².